The van der Waals surface area contributed by atoms with Gasteiger partial charge in [0.25, 0.3) is 5.91 Å². The number of nitrogens with one attached hydrogen (secondary N) is 1. The molecule has 0 fully saturated rings. The van der Waals surface area contributed by atoms with E-state index in [4.69, 9.17) is 9.15 Å². The van der Waals surface area contributed by atoms with E-state index in [1.54, 1.807) is 12.1 Å². The average molecular weight is 415 g/mol. The number of amides is 1. The summed E-state index contributed by atoms with van der Waals surface area (Å²) in [5.41, 5.74) is 4.07. The molecule has 0 saturated heterocycles. The molecule has 5 nitrogen and oxygen atoms in total. The van der Waals surface area contributed by atoms with E-state index < -0.39 is 0 Å². The van der Waals surface area contributed by atoms with Crippen molar-refractivity contribution in [1.82, 2.24) is 10.3 Å². The fourth-order valence-corrected chi connectivity index (χ4v) is 3.28. The molecule has 1 N–H and O–H groups in total. The lowest BCUT2D eigenvalue weighted by Gasteiger charge is -2.08. The number of ether oxygens (including phenoxy) is 1. The van der Waals surface area contributed by atoms with Gasteiger partial charge in [-0.25, -0.2) is 4.98 Å². The Morgan fingerprint density at radius 2 is 1.81 bits per heavy atom. The van der Waals surface area contributed by atoms with Crippen LogP contribution in [0.5, 0.6) is 5.75 Å². The first-order valence-corrected chi connectivity index (χ1v) is 10.6. The molecule has 0 aliphatic carbocycles. The summed E-state index contributed by atoms with van der Waals surface area (Å²) in [6.07, 6.45) is 2.77. The van der Waals surface area contributed by atoms with Crippen LogP contribution >= 0.6 is 0 Å². The zero-order valence-corrected chi connectivity index (χ0v) is 17.6. The van der Waals surface area contributed by atoms with Crippen molar-refractivity contribution in [2.24, 2.45) is 0 Å². The molecule has 0 spiro atoms. The average Bonchev–Trinajstić information content (AvgIpc) is 3.20. The zero-order chi connectivity index (χ0) is 21.5. The van der Waals surface area contributed by atoms with Crippen molar-refractivity contribution in [3.8, 4) is 5.75 Å². The standard InChI is InChI=1S/C26H26N2O3/c1-2-3-15-30-22-12-9-20(10-13-22)18-27-26(29)21-11-14-23-24(17-21)31-25(28-23)16-19-7-5-4-6-8-19/h4-14,17H,2-3,15-16,18H2,1H3,(H,27,29). The lowest BCUT2D eigenvalue weighted by Crippen LogP contribution is -2.22. The summed E-state index contributed by atoms with van der Waals surface area (Å²) in [6, 6.07) is 23.2. The number of hydrogen-bond donors (Lipinski definition) is 1. The fourth-order valence-electron chi connectivity index (χ4n) is 3.28. The highest BCUT2D eigenvalue weighted by Crippen LogP contribution is 2.20. The van der Waals surface area contributed by atoms with Gasteiger partial charge in [-0.3, -0.25) is 4.79 Å². The van der Waals surface area contributed by atoms with Crippen molar-refractivity contribution in [2.45, 2.75) is 32.7 Å². The molecule has 3 aromatic carbocycles. The van der Waals surface area contributed by atoms with Crippen LogP contribution in [0.4, 0.5) is 0 Å². The first-order chi connectivity index (χ1) is 15.2. The summed E-state index contributed by atoms with van der Waals surface area (Å²) >= 11 is 0. The Kier molecular flexibility index (Phi) is 6.62. The molecule has 5 heteroatoms. The molecule has 1 aromatic heterocycles. The second kappa shape index (κ2) is 9.94. The number of nitrogens with zero attached hydrogens (tertiary/aromatic N) is 1. The number of unbranched alkanes of at least 4 members (excludes halogenated alkanes) is 1. The van der Waals surface area contributed by atoms with Crippen molar-refractivity contribution in [1.29, 1.82) is 0 Å². The summed E-state index contributed by atoms with van der Waals surface area (Å²) in [4.78, 5) is 17.1. The van der Waals surface area contributed by atoms with Crippen molar-refractivity contribution in [3.63, 3.8) is 0 Å². The molecule has 0 atom stereocenters. The van der Waals surface area contributed by atoms with Gasteiger partial charge < -0.3 is 14.5 Å². The van der Waals surface area contributed by atoms with Gasteiger partial charge in [-0.15, -0.1) is 0 Å². The Morgan fingerprint density at radius 3 is 2.58 bits per heavy atom. The minimum atomic E-state index is -0.147. The zero-order valence-electron chi connectivity index (χ0n) is 17.6. The van der Waals surface area contributed by atoms with Gasteiger partial charge in [-0.2, -0.15) is 0 Å². The minimum absolute atomic E-state index is 0.147. The van der Waals surface area contributed by atoms with E-state index in [1.807, 2.05) is 60.7 Å². The molecule has 0 radical (unpaired) electrons. The predicted molar refractivity (Wildman–Crippen MR) is 121 cm³/mol. The Morgan fingerprint density at radius 1 is 1.00 bits per heavy atom. The summed E-state index contributed by atoms with van der Waals surface area (Å²) < 4.78 is 11.5. The van der Waals surface area contributed by atoms with E-state index in [2.05, 4.69) is 17.2 Å². The molecule has 4 aromatic rings. The number of hydrogen-bond acceptors (Lipinski definition) is 4. The van der Waals surface area contributed by atoms with Crippen LogP contribution < -0.4 is 10.1 Å². The van der Waals surface area contributed by atoms with Gasteiger partial charge in [0.2, 0.25) is 0 Å². The Balaban J connectivity index is 1.36. The number of oxazole rings is 1. The number of carbonyl (C=O) groups is 1. The van der Waals surface area contributed by atoms with Crippen molar-refractivity contribution in [2.75, 3.05) is 6.61 Å². The van der Waals surface area contributed by atoms with Crippen molar-refractivity contribution in [3.05, 3.63) is 95.4 Å². The highest BCUT2D eigenvalue weighted by atomic mass is 16.5. The Hall–Kier alpha value is -3.60. The molecule has 0 aliphatic heterocycles. The second-order valence-corrected chi connectivity index (χ2v) is 7.48. The smallest absolute Gasteiger partial charge is 0.251 e. The van der Waals surface area contributed by atoms with Crippen LogP contribution in [-0.2, 0) is 13.0 Å². The van der Waals surface area contributed by atoms with Crippen LogP contribution in [0.1, 0.15) is 47.1 Å². The molecule has 0 bridgehead atoms. The molecule has 31 heavy (non-hydrogen) atoms. The number of rotatable bonds is 9. The van der Waals surface area contributed by atoms with Crippen LogP contribution in [-0.4, -0.2) is 17.5 Å². The van der Waals surface area contributed by atoms with Gasteiger partial charge in [0.15, 0.2) is 11.5 Å². The van der Waals surface area contributed by atoms with Gasteiger partial charge in [-0.1, -0.05) is 55.8 Å². The summed E-state index contributed by atoms with van der Waals surface area (Å²) in [6.45, 7) is 3.31. The van der Waals surface area contributed by atoms with Crippen LogP contribution in [0.3, 0.4) is 0 Å². The SMILES string of the molecule is CCCCOc1ccc(CNC(=O)c2ccc3nc(Cc4ccccc4)oc3c2)cc1. The fraction of sp³-hybridized carbons (Fsp3) is 0.231. The third kappa shape index (κ3) is 5.51. The maximum Gasteiger partial charge on any atom is 0.251 e. The normalized spacial score (nSPS) is 10.9. The van der Waals surface area contributed by atoms with E-state index in [9.17, 15) is 4.79 Å². The number of benzene rings is 3. The summed E-state index contributed by atoms with van der Waals surface area (Å²) in [5, 5.41) is 2.96. The lowest BCUT2D eigenvalue weighted by molar-refractivity contribution is 0.0951. The monoisotopic (exact) mass is 414 g/mol. The Bertz CT molecular complexity index is 1130. The third-order valence-corrected chi connectivity index (χ3v) is 5.04. The molecule has 0 saturated carbocycles. The molecule has 0 unspecified atom stereocenters. The number of fused-ring (bicyclic) bond motifs is 1. The topological polar surface area (TPSA) is 64.4 Å². The quantitative estimate of drug-likeness (QED) is 0.366. The number of aromatic nitrogens is 1. The minimum Gasteiger partial charge on any atom is -0.494 e. The maximum absolute atomic E-state index is 12.6. The van der Waals surface area contributed by atoms with E-state index >= 15 is 0 Å². The van der Waals surface area contributed by atoms with Crippen molar-refractivity contribution < 1.29 is 13.9 Å². The van der Waals surface area contributed by atoms with Crippen LogP contribution in [0, 0.1) is 0 Å². The lowest BCUT2D eigenvalue weighted by atomic mass is 10.1. The predicted octanol–water partition coefficient (Wildman–Crippen LogP) is 5.53. The Labute approximate surface area is 182 Å². The number of carbonyl (C=O) groups excluding carboxylic acids is 1. The molecular weight excluding hydrogens is 388 g/mol. The van der Waals surface area contributed by atoms with E-state index in [0.29, 0.717) is 30.0 Å². The van der Waals surface area contributed by atoms with E-state index in [0.717, 1.165) is 41.8 Å². The molecule has 1 amide bonds. The summed E-state index contributed by atoms with van der Waals surface area (Å²) in [7, 11) is 0. The van der Waals surface area contributed by atoms with Crippen LogP contribution in [0.25, 0.3) is 11.1 Å². The van der Waals surface area contributed by atoms with Gasteiger partial charge in [0.05, 0.1) is 6.61 Å². The van der Waals surface area contributed by atoms with Crippen molar-refractivity contribution >= 4 is 17.0 Å². The third-order valence-electron chi connectivity index (χ3n) is 5.04. The first-order valence-electron chi connectivity index (χ1n) is 10.6. The molecular formula is C26H26N2O3. The van der Waals surface area contributed by atoms with Crippen LogP contribution in [0.2, 0.25) is 0 Å². The van der Waals surface area contributed by atoms with E-state index in [1.165, 1.54) is 0 Å². The van der Waals surface area contributed by atoms with E-state index in [-0.39, 0.29) is 5.91 Å². The van der Waals surface area contributed by atoms with Gasteiger partial charge >= 0.3 is 0 Å². The largest absolute Gasteiger partial charge is 0.494 e. The second-order valence-electron chi connectivity index (χ2n) is 7.48. The molecule has 4 rings (SSSR count). The van der Waals surface area contributed by atoms with Gasteiger partial charge in [0.1, 0.15) is 11.3 Å². The highest BCUT2D eigenvalue weighted by molar-refractivity contribution is 5.97. The molecule has 1 heterocycles. The summed E-state index contributed by atoms with van der Waals surface area (Å²) in [5.74, 6) is 1.34. The molecule has 158 valence electrons. The molecule has 0 aliphatic rings. The van der Waals surface area contributed by atoms with Gasteiger partial charge in [-0.05, 0) is 47.9 Å². The maximum atomic E-state index is 12.6. The van der Waals surface area contributed by atoms with Gasteiger partial charge in [0, 0.05) is 18.5 Å². The first kappa shape index (κ1) is 20.7. The van der Waals surface area contributed by atoms with Crippen LogP contribution in [0.15, 0.2) is 77.2 Å². The highest BCUT2D eigenvalue weighted by Gasteiger charge is 2.11.